The molecule has 3 N–H and O–H groups in total. The lowest BCUT2D eigenvalue weighted by molar-refractivity contribution is -0.141. The highest BCUT2D eigenvalue weighted by Crippen LogP contribution is 2.40. The molecule has 0 radical (unpaired) electrons. The van der Waals surface area contributed by atoms with Crippen LogP contribution < -0.4 is 16.0 Å². The van der Waals surface area contributed by atoms with Crippen molar-refractivity contribution in [1.29, 1.82) is 0 Å². The summed E-state index contributed by atoms with van der Waals surface area (Å²) in [4.78, 5) is 23.4. The Hall–Kier alpha value is -2.19. The predicted octanol–water partition coefficient (Wildman–Crippen LogP) is 3.43. The number of aromatic nitrogens is 3. The van der Waals surface area contributed by atoms with Crippen molar-refractivity contribution in [3.8, 4) is 0 Å². The van der Waals surface area contributed by atoms with Crippen LogP contribution in [0.1, 0.15) is 81.5 Å². The number of carbonyl (C=O) groups excluding carboxylic acids is 1. The lowest BCUT2D eigenvalue weighted by atomic mass is 9.72. The first-order chi connectivity index (χ1) is 17.6. The molecule has 6 rings (SSSR count). The first-order valence-electron chi connectivity index (χ1n) is 14.5. The van der Waals surface area contributed by atoms with E-state index in [1.54, 1.807) is 0 Å². The number of amides is 1. The van der Waals surface area contributed by atoms with Crippen LogP contribution in [0, 0.1) is 24.7 Å². The Morgan fingerprint density at radius 2 is 1.94 bits per heavy atom. The minimum atomic E-state index is 0.0636. The van der Waals surface area contributed by atoms with Gasteiger partial charge in [-0.05, 0) is 83.2 Å². The number of likely N-dealkylation sites (tertiary alicyclic amines) is 1. The van der Waals surface area contributed by atoms with Crippen LogP contribution in [-0.4, -0.2) is 64.2 Å². The third-order valence-electron chi connectivity index (χ3n) is 9.34. The summed E-state index contributed by atoms with van der Waals surface area (Å²) in [5, 5.41) is 8.54. The summed E-state index contributed by atoms with van der Waals surface area (Å²) in [6.07, 6.45) is 13.5. The number of hydrogen-bond donors (Lipinski definition) is 2. The zero-order valence-corrected chi connectivity index (χ0v) is 21.9. The summed E-state index contributed by atoms with van der Waals surface area (Å²) in [5.41, 5.74) is 9.14. The summed E-state index contributed by atoms with van der Waals surface area (Å²) in [7, 11) is 0. The van der Waals surface area contributed by atoms with Gasteiger partial charge in [-0.1, -0.05) is 12.8 Å². The van der Waals surface area contributed by atoms with Gasteiger partial charge in [0.25, 0.3) is 0 Å². The molecular weight excluding hydrogens is 450 g/mol. The van der Waals surface area contributed by atoms with Crippen LogP contribution >= 0.6 is 0 Å². The Morgan fingerprint density at radius 3 is 2.75 bits per heavy atom. The van der Waals surface area contributed by atoms with Crippen molar-refractivity contribution in [3.05, 3.63) is 23.5 Å². The summed E-state index contributed by atoms with van der Waals surface area (Å²) in [6.45, 7) is 7.06. The van der Waals surface area contributed by atoms with Gasteiger partial charge in [-0.25, -0.2) is 9.50 Å². The molecule has 4 fully saturated rings. The van der Waals surface area contributed by atoms with Crippen molar-refractivity contribution < 1.29 is 4.79 Å². The summed E-state index contributed by atoms with van der Waals surface area (Å²) >= 11 is 0. The molecule has 1 aliphatic carbocycles. The topological polar surface area (TPSA) is 91.8 Å². The van der Waals surface area contributed by atoms with Gasteiger partial charge in [0.2, 0.25) is 5.91 Å². The van der Waals surface area contributed by atoms with E-state index >= 15 is 0 Å². The molecule has 0 spiro atoms. The Bertz CT molecular complexity index is 1080. The van der Waals surface area contributed by atoms with Crippen LogP contribution in [0.4, 0.5) is 5.82 Å². The largest absolute Gasteiger partial charge is 0.355 e. The summed E-state index contributed by atoms with van der Waals surface area (Å²) < 4.78 is 1.91. The maximum Gasteiger partial charge on any atom is 0.226 e. The summed E-state index contributed by atoms with van der Waals surface area (Å²) in [6, 6.07) is 2.40. The van der Waals surface area contributed by atoms with Gasteiger partial charge in [0, 0.05) is 49.4 Å². The van der Waals surface area contributed by atoms with Crippen LogP contribution in [0.15, 0.2) is 12.3 Å². The van der Waals surface area contributed by atoms with Gasteiger partial charge in [0.05, 0.1) is 11.7 Å². The molecule has 2 aromatic rings. The summed E-state index contributed by atoms with van der Waals surface area (Å²) in [5.74, 6) is 3.02. The number of piperidine rings is 2. The average Bonchev–Trinajstić information content (AvgIpc) is 3.54. The maximum absolute atomic E-state index is 13.9. The molecule has 1 amide bonds. The first kappa shape index (κ1) is 24.2. The number of nitrogens with one attached hydrogen (secondary N) is 1. The van der Waals surface area contributed by atoms with Gasteiger partial charge in [0.15, 0.2) is 5.65 Å². The van der Waals surface area contributed by atoms with Crippen LogP contribution in [0.2, 0.25) is 0 Å². The molecule has 36 heavy (non-hydrogen) atoms. The molecule has 4 aliphatic rings. The van der Waals surface area contributed by atoms with Crippen LogP contribution in [0.25, 0.3) is 5.65 Å². The molecular formula is C28H43N7O. The standard InChI is InChI=1S/C28H43N7O/c1-19-17-35-26(31-27(19)33-13-10-23(29)18-33)15-24(32-35)25-9-2-3-12-34(25)28(36)21-7-4-6-20(14-21)22-8-5-11-30-16-22/h15,17,20-23,25,30H,2-14,16,18,29H2,1H3/t20?,21?,22?,23-,25-/m0/s1. The molecule has 5 atom stereocenters. The molecule has 8 nitrogen and oxygen atoms in total. The van der Waals surface area contributed by atoms with Gasteiger partial charge in [-0.3, -0.25) is 4.79 Å². The number of hydrogen-bond acceptors (Lipinski definition) is 6. The minimum Gasteiger partial charge on any atom is -0.355 e. The number of fused-ring (bicyclic) bond motifs is 1. The molecule has 3 unspecified atom stereocenters. The van der Waals surface area contributed by atoms with Crippen molar-refractivity contribution >= 4 is 17.4 Å². The fourth-order valence-electron chi connectivity index (χ4n) is 7.38. The van der Waals surface area contributed by atoms with Gasteiger partial charge in [0.1, 0.15) is 5.82 Å². The molecule has 5 heterocycles. The molecule has 0 bridgehead atoms. The second-order valence-electron chi connectivity index (χ2n) is 11.9. The number of rotatable bonds is 4. The van der Waals surface area contributed by atoms with E-state index in [0.717, 1.165) is 99.9 Å². The number of aryl methyl sites for hydroxylation is 1. The van der Waals surface area contributed by atoms with Gasteiger partial charge in [-0.2, -0.15) is 5.10 Å². The van der Waals surface area contributed by atoms with Crippen LogP contribution in [-0.2, 0) is 4.79 Å². The van der Waals surface area contributed by atoms with E-state index in [1.165, 1.54) is 25.7 Å². The van der Waals surface area contributed by atoms with E-state index in [4.69, 9.17) is 15.8 Å². The van der Waals surface area contributed by atoms with Crippen molar-refractivity contribution in [3.63, 3.8) is 0 Å². The van der Waals surface area contributed by atoms with E-state index in [1.807, 2.05) is 4.52 Å². The van der Waals surface area contributed by atoms with Gasteiger partial charge >= 0.3 is 0 Å². The molecule has 3 aliphatic heterocycles. The zero-order valence-electron chi connectivity index (χ0n) is 21.9. The smallest absolute Gasteiger partial charge is 0.226 e. The molecule has 0 aromatic carbocycles. The second kappa shape index (κ2) is 10.3. The Kier molecular flexibility index (Phi) is 6.90. The number of nitrogens with zero attached hydrogens (tertiary/aromatic N) is 5. The highest BCUT2D eigenvalue weighted by molar-refractivity contribution is 5.79. The SMILES string of the molecule is Cc1cn2nc([C@@H]3CCCCN3C(=O)C3CCCC(C4CCCNC4)C3)cc2nc1N1CC[C@H](N)C1. The van der Waals surface area contributed by atoms with Crippen molar-refractivity contribution in [2.75, 3.05) is 37.6 Å². The monoisotopic (exact) mass is 493 g/mol. The second-order valence-corrected chi connectivity index (χ2v) is 11.9. The third-order valence-corrected chi connectivity index (χ3v) is 9.34. The lowest BCUT2D eigenvalue weighted by Crippen LogP contribution is -2.44. The number of carbonyl (C=O) groups is 1. The quantitative estimate of drug-likeness (QED) is 0.678. The van der Waals surface area contributed by atoms with Crippen molar-refractivity contribution in [1.82, 2.24) is 24.8 Å². The molecule has 3 saturated heterocycles. The normalized spacial score (nSPS) is 31.8. The van der Waals surface area contributed by atoms with Crippen LogP contribution in [0.5, 0.6) is 0 Å². The van der Waals surface area contributed by atoms with Gasteiger partial charge in [-0.15, -0.1) is 0 Å². The van der Waals surface area contributed by atoms with E-state index in [0.29, 0.717) is 11.8 Å². The molecule has 8 heteroatoms. The van der Waals surface area contributed by atoms with E-state index in [9.17, 15) is 4.79 Å². The molecule has 2 aromatic heterocycles. The predicted molar refractivity (Wildman–Crippen MR) is 142 cm³/mol. The zero-order chi connectivity index (χ0) is 24.6. The van der Waals surface area contributed by atoms with E-state index in [-0.39, 0.29) is 18.0 Å². The van der Waals surface area contributed by atoms with E-state index < -0.39 is 0 Å². The molecule has 196 valence electrons. The van der Waals surface area contributed by atoms with Gasteiger partial charge < -0.3 is 20.9 Å². The highest BCUT2D eigenvalue weighted by atomic mass is 16.2. The maximum atomic E-state index is 13.9. The third kappa shape index (κ3) is 4.74. The minimum absolute atomic E-state index is 0.0636. The molecule has 1 saturated carbocycles. The fraction of sp³-hybridized carbons (Fsp3) is 0.750. The first-order valence-corrected chi connectivity index (χ1v) is 14.5. The Labute approximate surface area is 215 Å². The van der Waals surface area contributed by atoms with Crippen molar-refractivity contribution in [2.45, 2.75) is 83.2 Å². The Morgan fingerprint density at radius 1 is 1.06 bits per heavy atom. The lowest BCUT2D eigenvalue weighted by Gasteiger charge is -2.41. The van der Waals surface area contributed by atoms with Crippen molar-refractivity contribution in [2.24, 2.45) is 23.5 Å². The van der Waals surface area contributed by atoms with Crippen LogP contribution in [0.3, 0.4) is 0 Å². The average molecular weight is 494 g/mol. The van der Waals surface area contributed by atoms with E-state index in [2.05, 4.69) is 34.3 Å². The number of anilines is 1. The fourth-order valence-corrected chi connectivity index (χ4v) is 7.38. The highest BCUT2D eigenvalue weighted by Gasteiger charge is 2.38. The Balaban J connectivity index is 1.21. The number of nitrogens with two attached hydrogens (primary N) is 1.